The minimum Gasteiger partial charge on any atom is -0.463 e. The first-order valence-corrected chi connectivity index (χ1v) is 5.22. The fraction of sp³-hybridized carbons (Fsp3) is 0.0769. The van der Waals surface area contributed by atoms with E-state index < -0.39 is 0 Å². The lowest BCUT2D eigenvalue weighted by Crippen LogP contribution is -1.93. The van der Waals surface area contributed by atoms with Crippen molar-refractivity contribution in [2.75, 3.05) is 0 Å². The first-order chi connectivity index (χ1) is 8.29. The molecular formula is C13H9N3O. The van der Waals surface area contributed by atoms with Crippen molar-refractivity contribution >= 4 is 5.65 Å². The van der Waals surface area contributed by atoms with E-state index in [1.807, 2.05) is 35.7 Å². The molecular weight excluding hydrogens is 214 g/mol. The summed E-state index contributed by atoms with van der Waals surface area (Å²) in [7, 11) is 0. The molecule has 0 aliphatic heterocycles. The SMILES string of the molecule is Cc1c(C#N)ccc2nc(-c3ccco3)cn12. The van der Waals surface area contributed by atoms with Crippen molar-refractivity contribution in [3.63, 3.8) is 0 Å². The summed E-state index contributed by atoms with van der Waals surface area (Å²) in [5.74, 6) is 0.728. The second kappa shape index (κ2) is 3.49. The Labute approximate surface area is 97.7 Å². The number of fused-ring (bicyclic) bond motifs is 1. The number of imidazole rings is 1. The minimum absolute atomic E-state index is 0.654. The second-order valence-electron chi connectivity index (χ2n) is 3.78. The zero-order valence-corrected chi connectivity index (χ0v) is 9.21. The van der Waals surface area contributed by atoms with E-state index in [1.54, 1.807) is 12.3 Å². The molecule has 0 amide bonds. The van der Waals surface area contributed by atoms with Crippen LogP contribution in [0.1, 0.15) is 11.3 Å². The monoisotopic (exact) mass is 223 g/mol. The molecule has 0 saturated carbocycles. The number of rotatable bonds is 1. The fourth-order valence-corrected chi connectivity index (χ4v) is 1.85. The molecule has 0 aliphatic rings. The Balaban J connectivity index is 2.27. The molecule has 17 heavy (non-hydrogen) atoms. The molecule has 3 rings (SSSR count). The van der Waals surface area contributed by atoms with E-state index in [2.05, 4.69) is 11.1 Å². The number of nitriles is 1. The van der Waals surface area contributed by atoms with Crippen LogP contribution in [-0.2, 0) is 0 Å². The molecule has 0 fully saturated rings. The summed E-state index contributed by atoms with van der Waals surface area (Å²) in [6.45, 7) is 1.90. The first-order valence-electron chi connectivity index (χ1n) is 5.22. The molecule has 3 heterocycles. The Kier molecular flexibility index (Phi) is 1.99. The van der Waals surface area contributed by atoms with E-state index >= 15 is 0 Å². The van der Waals surface area contributed by atoms with Gasteiger partial charge in [-0.3, -0.25) is 0 Å². The van der Waals surface area contributed by atoms with Crippen molar-refractivity contribution in [3.8, 4) is 17.5 Å². The van der Waals surface area contributed by atoms with Crippen molar-refractivity contribution in [1.29, 1.82) is 5.26 Å². The van der Waals surface area contributed by atoms with Crippen LogP contribution in [0, 0.1) is 18.3 Å². The van der Waals surface area contributed by atoms with Gasteiger partial charge in [-0.25, -0.2) is 4.98 Å². The van der Waals surface area contributed by atoms with Crippen molar-refractivity contribution in [3.05, 3.63) is 48.0 Å². The number of hydrogen-bond donors (Lipinski definition) is 0. The topological polar surface area (TPSA) is 54.2 Å². The first kappa shape index (κ1) is 9.67. The van der Waals surface area contributed by atoms with Crippen LogP contribution >= 0.6 is 0 Å². The molecule has 0 saturated heterocycles. The van der Waals surface area contributed by atoms with Crippen LogP contribution in [-0.4, -0.2) is 9.38 Å². The van der Waals surface area contributed by atoms with Gasteiger partial charge in [-0.1, -0.05) is 0 Å². The van der Waals surface area contributed by atoms with Crippen LogP contribution in [0.3, 0.4) is 0 Å². The van der Waals surface area contributed by atoms with Crippen LogP contribution < -0.4 is 0 Å². The van der Waals surface area contributed by atoms with Crippen LogP contribution in [0.4, 0.5) is 0 Å². The molecule has 0 bridgehead atoms. The highest BCUT2D eigenvalue weighted by Gasteiger charge is 2.09. The molecule has 0 atom stereocenters. The van der Waals surface area contributed by atoms with E-state index in [0.717, 1.165) is 22.8 Å². The predicted octanol–water partition coefficient (Wildman–Crippen LogP) is 2.77. The van der Waals surface area contributed by atoms with Crippen LogP contribution in [0.25, 0.3) is 17.1 Å². The van der Waals surface area contributed by atoms with E-state index in [0.29, 0.717) is 5.56 Å². The Bertz CT molecular complexity index is 717. The molecule has 0 aliphatic carbocycles. The fourth-order valence-electron chi connectivity index (χ4n) is 1.85. The normalized spacial score (nSPS) is 10.6. The number of pyridine rings is 1. The number of nitrogens with zero attached hydrogens (tertiary/aromatic N) is 3. The van der Waals surface area contributed by atoms with E-state index in [1.165, 1.54) is 0 Å². The van der Waals surface area contributed by atoms with Gasteiger partial charge in [0.15, 0.2) is 5.76 Å². The van der Waals surface area contributed by atoms with Crippen molar-refractivity contribution in [2.24, 2.45) is 0 Å². The van der Waals surface area contributed by atoms with Crippen molar-refractivity contribution in [1.82, 2.24) is 9.38 Å². The van der Waals surface area contributed by atoms with Gasteiger partial charge in [-0.05, 0) is 31.2 Å². The third-order valence-electron chi connectivity index (χ3n) is 2.78. The van der Waals surface area contributed by atoms with Gasteiger partial charge in [-0.15, -0.1) is 0 Å². The summed E-state index contributed by atoms with van der Waals surface area (Å²) >= 11 is 0. The van der Waals surface area contributed by atoms with Gasteiger partial charge in [0.25, 0.3) is 0 Å². The number of furan rings is 1. The van der Waals surface area contributed by atoms with Gasteiger partial charge in [0.2, 0.25) is 0 Å². The standard InChI is InChI=1S/C13H9N3O/c1-9-10(7-14)4-5-13-15-11(8-16(9)13)12-3-2-6-17-12/h2-6,8H,1H3. The Morgan fingerprint density at radius 1 is 1.35 bits per heavy atom. The third-order valence-corrected chi connectivity index (χ3v) is 2.78. The van der Waals surface area contributed by atoms with Crippen LogP contribution in [0.2, 0.25) is 0 Å². The Morgan fingerprint density at radius 3 is 2.94 bits per heavy atom. The number of aromatic nitrogens is 2. The molecule has 0 N–H and O–H groups in total. The molecule has 82 valence electrons. The lowest BCUT2D eigenvalue weighted by molar-refractivity contribution is 0.580. The quantitative estimate of drug-likeness (QED) is 0.637. The van der Waals surface area contributed by atoms with Crippen LogP contribution in [0.5, 0.6) is 0 Å². The maximum Gasteiger partial charge on any atom is 0.153 e. The average Bonchev–Trinajstić information content (AvgIpc) is 2.98. The van der Waals surface area contributed by atoms with E-state index in [-0.39, 0.29) is 0 Å². The summed E-state index contributed by atoms with van der Waals surface area (Å²) in [4.78, 5) is 4.45. The highest BCUT2D eigenvalue weighted by atomic mass is 16.3. The van der Waals surface area contributed by atoms with E-state index in [9.17, 15) is 0 Å². The highest BCUT2D eigenvalue weighted by molar-refractivity contribution is 5.59. The van der Waals surface area contributed by atoms with E-state index in [4.69, 9.17) is 9.68 Å². The molecule has 3 aromatic heterocycles. The lowest BCUT2D eigenvalue weighted by Gasteiger charge is -1.99. The Morgan fingerprint density at radius 2 is 2.24 bits per heavy atom. The molecule has 0 aromatic carbocycles. The molecule has 3 aromatic rings. The zero-order valence-electron chi connectivity index (χ0n) is 9.21. The lowest BCUT2D eigenvalue weighted by atomic mass is 10.2. The van der Waals surface area contributed by atoms with Gasteiger partial charge in [0.05, 0.1) is 11.8 Å². The Hall–Kier alpha value is -2.54. The third kappa shape index (κ3) is 1.41. The highest BCUT2D eigenvalue weighted by Crippen LogP contribution is 2.21. The summed E-state index contributed by atoms with van der Waals surface area (Å²) in [5.41, 5.74) is 3.12. The largest absolute Gasteiger partial charge is 0.463 e. The maximum absolute atomic E-state index is 8.97. The minimum atomic E-state index is 0.654. The van der Waals surface area contributed by atoms with Gasteiger partial charge < -0.3 is 8.82 Å². The molecule has 4 heteroatoms. The van der Waals surface area contributed by atoms with Crippen molar-refractivity contribution in [2.45, 2.75) is 6.92 Å². The molecule has 0 radical (unpaired) electrons. The summed E-state index contributed by atoms with van der Waals surface area (Å²) in [6.07, 6.45) is 3.50. The molecule has 0 spiro atoms. The summed E-state index contributed by atoms with van der Waals surface area (Å²) in [5, 5.41) is 8.97. The summed E-state index contributed by atoms with van der Waals surface area (Å²) < 4.78 is 7.20. The maximum atomic E-state index is 8.97. The molecule has 4 nitrogen and oxygen atoms in total. The predicted molar refractivity (Wildman–Crippen MR) is 62.3 cm³/mol. The van der Waals surface area contributed by atoms with Crippen molar-refractivity contribution < 1.29 is 4.42 Å². The van der Waals surface area contributed by atoms with Gasteiger partial charge in [0, 0.05) is 11.9 Å². The summed E-state index contributed by atoms with van der Waals surface area (Å²) in [6, 6.07) is 9.46. The second-order valence-corrected chi connectivity index (χ2v) is 3.78. The zero-order chi connectivity index (χ0) is 11.8. The van der Waals surface area contributed by atoms with Gasteiger partial charge >= 0.3 is 0 Å². The average molecular weight is 223 g/mol. The van der Waals surface area contributed by atoms with Gasteiger partial charge in [0.1, 0.15) is 17.4 Å². The molecule has 0 unspecified atom stereocenters. The van der Waals surface area contributed by atoms with Crippen LogP contribution in [0.15, 0.2) is 41.1 Å². The number of aryl methyl sites for hydroxylation is 1. The number of hydrogen-bond acceptors (Lipinski definition) is 3. The van der Waals surface area contributed by atoms with Gasteiger partial charge in [-0.2, -0.15) is 5.26 Å². The smallest absolute Gasteiger partial charge is 0.153 e.